The van der Waals surface area contributed by atoms with Gasteiger partial charge >= 0.3 is 0 Å². The number of hydrogen-bond donors (Lipinski definition) is 0. The van der Waals surface area contributed by atoms with Gasteiger partial charge in [0.1, 0.15) is 5.57 Å². The number of carbonyl (C=O) groups excluding carboxylic acids is 2. The molecule has 0 unspecified atom stereocenters. The van der Waals surface area contributed by atoms with Gasteiger partial charge in [0.2, 0.25) is 0 Å². The molecule has 1 fully saturated rings. The van der Waals surface area contributed by atoms with Crippen molar-refractivity contribution < 1.29 is 9.59 Å². The summed E-state index contributed by atoms with van der Waals surface area (Å²) in [4.78, 5) is 27.7. The van der Waals surface area contributed by atoms with Crippen LogP contribution in [0.15, 0.2) is 42.0 Å². The van der Waals surface area contributed by atoms with E-state index in [1.807, 2.05) is 51.1 Å². The molecule has 1 aromatic rings. The molecular weight excluding hydrogens is 308 g/mol. The number of aryl methyl sites for hydroxylation is 1. The average molecular weight is 328 g/mol. The number of hydrogen-bond acceptors (Lipinski definition) is 3. The van der Waals surface area contributed by atoms with Gasteiger partial charge in [-0.1, -0.05) is 42.0 Å². The van der Waals surface area contributed by atoms with Gasteiger partial charge in [-0.25, -0.2) is 0 Å². The van der Waals surface area contributed by atoms with E-state index in [2.05, 4.69) is 0 Å². The SMILES string of the molecule is CCN1C(=O)C(=C/C=C/c2ccc(C)cc2)C(=O)N(CC)C1=S. The number of carbonyl (C=O) groups is 2. The van der Waals surface area contributed by atoms with Crippen molar-refractivity contribution in [1.82, 2.24) is 9.80 Å². The third kappa shape index (κ3) is 3.56. The maximum Gasteiger partial charge on any atom is 0.265 e. The van der Waals surface area contributed by atoms with Crippen LogP contribution in [-0.4, -0.2) is 39.8 Å². The van der Waals surface area contributed by atoms with E-state index in [4.69, 9.17) is 12.2 Å². The number of benzene rings is 1. The highest BCUT2D eigenvalue weighted by molar-refractivity contribution is 7.80. The van der Waals surface area contributed by atoms with Crippen molar-refractivity contribution in [3.63, 3.8) is 0 Å². The van der Waals surface area contributed by atoms with Crippen molar-refractivity contribution in [2.24, 2.45) is 0 Å². The van der Waals surface area contributed by atoms with E-state index < -0.39 is 0 Å². The molecule has 0 atom stereocenters. The summed E-state index contributed by atoms with van der Waals surface area (Å²) >= 11 is 5.22. The van der Waals surface area contributed by atoms with Gasteiger partial charge in [0.05, 0.1) is 0 Å². The molecule has 1 saturated heterocycles. The van der Waals surface area contributed by atoms with Gasteiger partial charge in [-0.05, 0) is 44.6 Å². The smallest absolute Gasteiger partial charge is 0.265 e. The summed E-state index contributed by atoms with van der Waals surface area (Å²) in [6, 6.07) is 8.00. The molecule has 2 rings (SSSR count). The maximum atomic E-state index is 12.4. The van der Waals surface area contributed by atoms with E-state index in [-0.39, 0.29) is 22.5 Å². The van der Waals surface area contributed by atoms with Crippen LogP contribution in [0.4, 0.5) is 0 Å². The van der Waals surface area contributed by atoms with E-state index in [0.717, 1.165) is 5.56 Å². The third-order valence-corrected chi connectivity index (χ3v) is 4.12. The van der Waals surface area contributed by atoms with E-state index in [9.17, 15) is 9.59 Å². The van der Waals surface area contributed by atoms with E-state index in [1.165, 1.54) is 15.4 Å². The van der Waals surface area contributed by atoms with Crippen molar-refractivity contribution in [1.29, 1.82) is 0 Å². The van der Waals surface area contributed by atoms with Crippen LogP contribution in [0.25, 0.3) is 6.08 Å². The zero-order chi connectivity index (χ0) is 17.0. The standard InChI is InChI=1S/C18H20N2O2S/c1-4-19-16(21)15(17(22)20(5-2)18(19)23)8-6-7-14-11-9-13(3)10-12-14/h6-12H,4-5H2,1-3H3/b7-6+. The maximum absolute atomic E-state index is 12.4. The first kappa shape index (κ1) is 17.1. The molecule has 4 nitrogen and oxygen atoms in total. The van der Waals surface area contributed by atoms with Crippen LogP contribution in [0, 0.1) is 6.92 Å². The average Bonchev–Trinajstić information content (AvgIpc) is 2.53. The second kappa shape index (κ2) is 7.33. The van der Waals surface area contributed by atoms with Gasteiger partial charge in [0.15, 0.2) is 5.11 Å². The van der Waals surface area contributed by atoms with Gasteiger partial charge in [-0.2, -0.15) is 0 Å². The molecule has 1 aromatic carbocycles. The lowest BCUT2D eigenvalue weighted by Gasteiger charge is -2.35. The highest BCUT2D eigenvalue weighted by Gasteiger charge is 2.37. The van der Waals surface area contributed by atoms with Crippen molar-refractivity contribution in [3.8, 4) is 0 Å². The minimum absolute atomic E-state index is 0.144. The largest absolute Gasteiger partial charge is 0.285 e. The fourth-order valence-corrected chi connectivity index (χ4v) is 2.76. The fourth-order valence-electron chi connectivity index (χ4n) is 2.34. The summed E-state index contributed by atoms with van der Waals surface area (Å²) in [5.74, 6) is -0.665. The molecule has 0 aromatic heterocycles. The summed E-state index contributed by atoms with van der Waals surface area (Å²) in [5.41, 5.74) is 2.34. The Balaban J connectivity index is 2.28. The lowest BCUT2D eigenvalue weighted by atomic mass is 10.1. The first-order valence-corrected chi connectivity index (χ1v) is 8.03. The Kier molecular flexibility index (Phi) is 5.45. The van der Waals surface area contributed by atoms with Crippen molar-refractivity contribution in [2.75, 3.05) is 13.1 Å². The molecule has 1 aliphatic heterocycles. The third-order valence-electron chi connectivity index (χ3n) is 3.67. The van der Waals surface area contributed by atoms with Gasteiger partial charge < -0.3 is 0 Å². The second-order valence-electron chi connectivity index (χ2n) is 5.23. The molecule has 0 aliphatic carbocycles. The number of amides is 2. The van der Waals surface area contributed by atoms with E-state index >= 15 is 0 Å². The summed E-state index contributed by atoms with van der Waals surface area (Å²) < 4.78 is 0. The molecule has 5 heteroatoms. The van der Waals surface area contributed by atoms with Crippen LogP contribution in [0.1, 0.15) is 25.0 Å². The summed E-state index contributed by atoms with van der Waals surface area (Å²) in [6.07, 6.45) is 5.16. The predicted molar refractivity (Wildman–Crippen MR) is 95.7 cm³/mol. The highest BCUT2D eigenvalue weighted by atomic mass is 32.1. The Morgan fingerprint density at radius 3 is 2.00 bits per heavy atom. The fraction of sp³-hybridized carbons (Fsp3) is 0.278. The second-order valence-corrected chi connectivity index (χ2v) is 5.60. The van der Waals surface area contributed by atoms with Crippen LogP contribution >= 0.6 is 12.2 Å². The normalized spacial score (nSPS) is 15.8. The summed E-state index contributed by atoms with van der Waals surface area (Å²) in [5, 5.41) is 0.282. The van der Waals surface area contributed by atoms with Crippen molar-refractivity contribution in [2.45, 2.75) is 20.8 Å². The van der Waals surface area contributed by atoms with Gasteiger partial charge in [-0.3, -0.25) is 19.4 Å². The first-order valence-electron chi connectivity index (χ1n) is 7.62. The molecule has 0 spiro atoms. The Hall–Kier alpha value is -2.27. The number of likely N-dealkylation sites (N-methyl/N-ethyl adjacent to an activating group) is 2. The van der Waals surface area contributed by atoms with Crippen LogP contribution in [0.3, 0.4) is 0 Å². The molecule has 0 bridgehead atoms. The van der Waals surface area contributed by atoms with Crippen molar-refractivity contribution >= 4 is 35.2 Å². The lowest BCUT2D eigenvalue weighted by Crippen LogP contribution is -2.55. The van der Waals surface area contributed by atoms with Crippen molar-refractivity contribution in [3.05, 3.63) is 53.1 Å². The minimum Gasteiger partial charge on any atom is -0.285 e. The molecule has 1 heterocycles. The molecule has 2 amide bonds. The Morgan fingerprint density at radius 2 is 1.52 bits per heavy atom. The minimum atomic E-state index is -0.333. The number of allylic oxidation sites excluding steroid dienone is 2. The zero-order valence-electron chi connectivity index (χ0n) is 13.6. The number of nitrogens with zero attached hydrogens (tertiary/aromatic N) is 2. The van der Waals surface area contributed by atoms with Crippen LogP contribution in [-0.2, 0) is 9.59 Å². The van der Waals surface area contributed by atoms with E-state index in [0.29, 0.717) is 13.1 Å². The van der Waals surface area contributed by atoms with E-state index in [1.54, 1.807) is 12.2 Å². The highest BCUT2D eigenvalue weighted by Crippen LogP contribution is 2.17. The van der Waals surface area contributed by atoms with Crippen LogP contribution in [0.2, 0.25) is 0 Å². The van der Waals surface area contributed by atoms with Gasteiger partial charge in [0, 0.05) is 13.1 Å². The number of thiocarbonyl (C=S) groups is 1. The summed E-state index contributed by atoms with van der Waals surface area (Å²) in [7, 11) is 0. The molecule has 120 valence electrons. The number of rotatable bonds is 4. The molecule has 23 heavy (non-hydrogen) atoms. The molecule has 1 aliphatic rings. The Morgan fingerprint density at radius 1 is 1.00 bits per heavy atom. The molecule has 0 radical (unpaired) electrons. The summed E-state index contributed by atoms with van der Waals surface area (Å²) in [6.45, 7) is 6.60. The van der Waals surface area contributed by atoms with Crippen LogP contribution in [0.5, 0.6) is 0 Å². The Bertz CT molecular complexity index is 661. The zero-order valence-corrected chi connectivity index (χ0v) is 14.4. The first-order chi connectivity index (χ1) is 11.0. The predicted octanol–water partition coefficient (Wildman–Crippen LogP) is 2.93. The quantitative estimate of drug-likeness (QED) is 0.485. The molecule has 0 saturated carbocycles. The lowest BCUT2D eigenvalue weighted by molar-refractivity contribution is -0.133. The van der Waals surface area contributed by atoms with Crippen LogP contribution < -0.4 is 0 Å². The van der Waals surface area contributed by atoms with Gasteiger partial charge in [-0.15, -0.1) is 0 Å². The molecule has 0 N–H and O–H groups in total. The van der Waals surface area contributed by atoms with Gasteiger partial charge in [0.25, 0.3) is 11.8 Å². The Labute approximate surface area is 142 Å². The molecular formula is C18H20N2O2S. The monoisotopic (exact) mass is 328 g/mol. The topological polar surface area (TPSA) is 40.6 Å².